The number of rotatable bonds is 5. The molecule has 2 aromatic carbocycles. The Labute approximate surface area is 139 Å². The number of benzene rings is 2. The Hall–Kier alpha value is -3.08. The molecule has 4 nitrogen and oxygen atoms in total. The molecular formula is C19H18FN3O. The molecule has 3 rings (SSSR count). The summed E-state index contributed by atoms with van der Waals surface area (Å²) in [5, 5.41) is 6.61. The normalized spacial score (nSPS) is 11.0. The third-order valence-electron chi connectivity index (χ3n) is 3.72. The molecule has 3 N–H and O–H groups in total. The number of nitrogens with one attached hydrogen (secondary N) is 3. The van der Waals surface area contributed by atoms with Gasteiger partial charge in [-0.05, 0) is 41.8 Å². The fourth-order valence-corrected chi connectivity index (χ4v) is 2.49. The minimum absolute atomic E-state index is 0.270. The summed E-state index contributed by atoms with van der Waals surface area (Å²) in [5.74, 6) is -0.282. The molecule has 2 amide bonds. The van der Waals surface area contributed by atoms with Crippen molar-refractivity contribution >= 4 is 23.0 Å². The smallest absolute Gasteiger partial charge is 0.318 e. The fourth-order valence-electron chi connectivity index (χ4n) is 2.49. The molecule has 5 heteroatoms. The first-order valence-electron chi connectivity index (χ1n) is 7.74. The zero-order valence-electron chi connectivity index (χ0n) is 13.1. The van der Waals surface area contributed by atoms with Crippen molar-refractivity contribution in [1.29, 1.82) is 0 Å². The number of urea groups is 1. The molecule has 1 aromatic heterocycles. The van der Waals surface area contributed by atoms with Crippen LogP contribution in [0.3, 0.4) is 0 Å². The largest absolute Gasteiger partial charge is 0.361 e. The maximum atomic E-state index is 12.8. The maximum absolute atomic E-state index is 12.8. The van der Waals surface area contributed by atoms with Gasteiger partial charge in [0.05, 0.1) is 0 Å². The molecule has 0 aliphatic heterocycles. The van der Waals surface area contributed by atoms with Crippen LogP contribution in [-0.2, 0) is 6.42 Å². The van der Waals surface area contributed by atoms with E-state index < -0.39 is 0 Å². The molecule has 3 aromatic rings. The van der Waals surface area contributed by atoms with E-state index in [1.54, 1.807) is 18.2 Å². The number of carbonyl (C=O) groups is 1. The topological polar surface area (TPSA) is 56.9 Å². The standard InChI is InChI=1S/C19H18FN3O/c20-16-7-5-14(6-8-16)9-11-21-19(24)22-12-10-15-13-23-18-4-2-1-3-17(15)18/h1-9,11,13,23H,10,12H2,(H2,21,22,24)/b11-9+. The molecule has 0 fully saturated rings. The van der Waals surface area contributed by atoms with Crippen LogP contribution in [-0.4, -0.2) is 17.6 Å². The van der Waals surface area contributed by atoms with E-state index in [1.807, 2.05) is 24.4 Å². The molecular weight excluding hydrogens is 305 g/mol. The van der Waals surface area contributed by atoms with Crippen LogP contribution in [0.4, 0.5) is 9.18 Å². The van der Waals surface area contributed by atoms with Crippen molar-refractivity contribution in [3.63, 3.8) is 0 Å². The summed E-state index contributed by atoms with van der Waals surface area (Å²) in [6, 6.07) is 13.8. The predicted molar refractivity (Wildman–Crippen MR) is 94.0 cm³/mol. The van der Waals surface area contributed by atoms with Gasteiger partial charge in [-0.1, -0.05) is 30.3 Å². The van der Waals surface area contributed by atoms with E-state index in [2.05, 4.69) is 21.7 Å². The van der Waals surface area contributed by atoms with Gasteiger partial charge in [0.25, 0.3) is 0 Å². The Balaban J connectivity index is 1.45. The summed E-state index contributed by atoms with van der Waals surface area (Å²) in [5.41, 5.74) is 3.09. The number of para-hydroxylation sites is 1. The van der Waals surface area contributed by atoms with Crippen LogP contribution in [0.2, 0.25) is 0 Å². The summed E-state index contributed by atoms with van der Waals surface area (Å²) in [6.45, 7) is 0.540. The molecule has 122 valence electrons. The van der Waals surface area contributed by atoms with E-state index >= 15 is 0 Å². The number of amides is 2. The summed E-state index contributed by atoms with van der Waals surface area (Å²) >= 11 is 0. The van der Waals surface area contributed by atoms with E-state index in [4.69, 9.17) is 0 Å². The van der Waals surface area contributed by atoms with Gasteiger partial charge in [-0.3, -0.25) is 0 Å². The molecule has 0 aliphatic rings. The molecule has 0 aliphatic carbocycles. The number of fused-ring (bicyclic) bond motifs is 1. The molecule has 1 heterocycles. The van der Waals surface area contributed by atoms with Crippen molar-refractivity contribution in [3.05, 3.63) is 77.9 Å². The highest BCUT2D eigenvalue weighted by molar-refractivity contribution is 5.83. The second-order valence-electron chi connectivity index (χ2n) is 5.39. The van der Waals surface area contributed by atoms with Gasteiger partial charge in [-0.25, -0.2) is 9.18 Å². The zero-order valence-corrected chi connectivity index (χ0v) is 13.1. The minimum Gasteiger partial charge on any atom is -0.361 e. The van der Waals surface area contributed by atoms with E-state index in [1.165, 1.54) is 29.3 Å². The van der Waals surface area contributed by atoms with Gasteiger partial charge in [-0.2, -0.15) is 0 Å². The van der Waals surface area contributed by atoms with Gasteiger partial charge in [-0.15, -0.1) is 0 Å². The number of halogens is 1. The van der Waals surface area contributed by atoms with Gasteiger partial charge >= 0.3 is 6.03 Å². The van der Waals surface area contributed by atoms with Gasteiger partial charge in [0.1, 0.15) is 5.82 Å². The van der Waals surface area contributed by atoms with Gasteiger partial charge in [0, 0.05) is 29.8 Å². The van der Waals surface area contributed by atoms with Crippen LogP contribution < -0.4 is 10.6 Å². The van der Waals surface area contributed by atoms with Crippen LogP contribution in [0.1, 0.15) is 11.1 Å². The van der Waals surface area contributed by atoms with E-state index in [0.29, 0.717) is 6.54 Å². The van der Waals surface area contributed by atoms with Crippen LogP contribution >= 0.6 is 0 Å². The molecule has 0 saturated carbocycles. The van der Waals surface area contributed by atoms with Crippen molar-refractivity contribution in [1.82, 2.24) is 15.6 Å². The highest BCUT2D eigenvalue weighted by Gasteiger charge is 2.03. The summed E-state index contributed by atoms with van der Waals surface area (Å²) < 4.78 is 12.8. The van der Waals surface area contributed by atoms with Crippen molar-refractivity contribution in [3.8, 4) is 0 Å². The van der Waals surface area contributed by atoms with E-state index in [9.17, 15) is 9.18 Å². The van der Waals surface area contributed by atoms with Gasteiger partial charge in [0.15, 0.2) is 0 Å². The van der Waals surface area contributed by atoms with Crippen LogP contribution in [0.25, 0.3) is 17.0 Å². The second kappa shape index (κ2) is 7.46. The lowest BCUT2D eigenvalue weighted by Crippen LogP contribution is -2.33. The molecule has 0 radical (unpaired) electrons. The molecule has 0 saturated heterocycles. The molecule has 0 bridgehead atoms. The quantitative estimate of drug-likeness (QED) is 0.657. The maximum Gasteiger partial charge on any atom is 0.318 e. The number of H-pyrrole nitrogens is 1. The number of hydrogen-bond donors (Lipinski definition) is 3. The number of aromatic amines is 1. The molecule has 24 heavy (non-hydrogen) atoms. The average Bonchev–Trinajstić information content (AvgIpc) is 3.00. The predicted octanol–water partition coefficient (Wildman–Crippen LogP) is 3.82. The van der Waals surface area contributed by atoms with Crippen molar-refractivity contribution < 1.29 is 9.18 Å². The van der Waals surface area contributed by atoms with Crippen molar-refractivity contribution in [2.75, 3.05) is 6.54 Å². The molecule has 0 spiro atoms. The van der Waals surface area contributed by atoms with Gasteiger partial charge < -0.3 is 15.6 Å². The number of carbonyl (C=O) groups excluding carboxylic acids is 1. The third-order valence-corrected chi connectivity index (χ3v) is 3.72. The molecule has 0 atom stereocenters. The molecule has 0 unspecified atom stereocenters. The van der Waals surface area contributed by atoms with Crippen LogP contribution in [0, 0.1) is 5.82 Å². The minimum atomic E-state index is -0.282. The lowest BCUT2D eigenvalue weighted by atomic mass is 10.1. The Kier molecular flexibility index (Phi) is 4.91. The first-order chi connectivity index (χ1) is 11.7. The monoisotopic (exact) mass is 323 g/mol. The Morgan fingerprint density at radius 2 is 1.92 bits per heavy atom. The number of aromatic nitrogens is 1. The van der Waals surface area contributed by atoms with E-state index in [0.717, 1.165) is 17.5 Å². The zero-order chi connectivity index (χ0) is 16.8. The van der Waals surface area contributed by atoms with Crippen molar-refractivity contribution in [2.45, 2.75) is 6.42 Å². The van der Waals surface area contributed by atoms with Crippen LogP contribution in [0.15, 0.2) is 60.9 Å². The fraction of sp³-hybridized carbons (Fsp3) is 0.105. The van der Waals surface area contributed by atoms with E-state index in [-0.39, 0.29) is 11.8 Å². The second-order valence-corrected chi connectivity index (χ2v) is 5.39. The summed E-state index contributed by atoms with van der Waals surface area (Å²) in [6.07, 6.45) is 5.96. The Morgan fingerprint density at radius 3 is 2.75 bits per heavy atom. The summed E-state index contributed by atoms with van der Waals surface area (Å²) in [4.78, 5) is 15.0. The summed E-state index contributed by atoms with van der Waals surface area (Å²) in [7, 11) is 0. The van der Waals surface area contributed by atoms with Crippen LogP contribution in [0.5, 0.6) is 0 Å². The first-order valence-corrected chi connectivity index (χ1v) is 7.74. The Morgan fingerprint density at radius 1 is 1.12 bits per heavy atom. The SMILES string of the molecule is O=C(N/C=C/c1ccc(F)cc1)NCCc1c[nH]c2ccccc12. The third kappa shape index (κ3) is 4.01. The lowest BCUT2D eigenvalue weighted by molar-refractivity contribution is 0.244. The average molecular weight is 323 g/mol. The Bertz CT molecular complexity index is 852. The first kappa shape index (κ1) is 15.8. The highest BCUT2D eigenvalue weighted by atomic mass is 19.1. The lowest BCUT2D eigenvalue weighted by Gasteiger charge is -2.04. The highest BCUT2D eigenvalue weighted by Crippen LogP contribution is 2.17. The van der Waals surface area contributed by atoms with Gasteiger partial charge in [0.2, 0.25) is 0 Å². The number of hydrogen-bond acceptors (Lipinski definition) is 1. The van der Waals surface area contributed by atoms with Crippen molar-refractivity contribution in [2.24, 2.45) is 0 Å².